The van der Waals surface area contributed by atoms with E-state index in [9.17, 15) is 4.79 Å². The summed E-state index contributed by atoms with van der Waals surface area (Å²) in [7, 11) is 0. The molecule has 0 fully saturated rings. The number of nitrogens with one attached hydrogen (secondary N) is 1. The molecule has 2 aromatic rings. The maximum atomic E-state index is 10.6. The molecule has 88 valence electrons. The molecule has 1 aromatic carbocycles. The molecule has 0 unspecified atom stereocenters. The van der Waals surface area contributed by atoms with E-state index < -0.39 is 0 Å². The first-order valence-corrected chi connectivity index (χ1v) is 5.62. The van der Waals surface area contributed by atoms with Gasteiger partial charge in [0.15, 0.2) is 6.29 Å². The van der Waals surface area contributed by atoms with Crippen LogP contribution in [0.25, 0.3) is 11.4 Å². The van der Waals surface area contributed by atoms with Gasteiger partial charge in [0.25, 0.3) is 0 Å². The second kappa shape index (κ2) is 4.17. The van der Waals surface area contributed by atoms with Crippen LogP contribution in [0.1, 0.15) is 36.8 Å². The number of H-pyrrole nitrogens is 1. The Kier molecular flexibility index (Phi) is 2.84. The fraction of sp³-hybridized carbons (Fsp3) is 0.286. The fourth-order valence-electron chi connectivity index (χ4n) is 1.67. The van der Waals surface area contributed by atoms with Crippen LogP contribution in [0.5, 0.6) is 0 Å². The molecule has 2 rings (SSSR count). The second-order valence-corrected chi connectivity index (χ2v) is 5.13. The maximum Gasteiger partial charge on any atom is 0.167 e. The molecule has 0 aliphatic rings. The SMILES string of the molecule is CC(C)(C)c1ccc(-c2ncc(C=O)[nH]2)cc1. The predicted octanol–water partition coefficient (Wildman–Crippen LogP) is 3.19. The van der Waals surface area contributed by atoms with Gasteiger partial charge in [-0.25, -0.2) is 4.98 Å². The van der Waals surface area contributed by atoms with Crippen molar-refractivity contribution in [2.24, 2.45) is 0 Å². The number of benzene rings is 1. The largest absolute Gasteiger partial charge is 0.336 e. The third-order valence-electron chi connectivity index (χ3n) is 2.75. The Labute approximate surface area is 101 Å². The van der Waals surface area contributed by atoms with E-state index in [1.807, 2.05) is 12.1 Å². The van der Waals surface area contributed by atoms with Gasteiger partial charge in [-0.1, -0.05) is 45.0 Å². The van der Waals surface area contributed by atoms with Crippen LogP contribution in [0.3, 0.4) is 0 Å². The highest BCUT2D eigenvalue weighted by Gasteiger charge is 2.13. The highest BCUT2D eigenvalue weighted by atomic mass is 16.1. The fourth-order valence-corrected chi connectivity index (χ4v) is 1.67. The molecule has 3 nitrogen and oxygen atoms in total. The monoisotopic (exact) mass is 228 g/mol. The number of aromatic nitrogens is 2. The van der Waals surface area contributed by atoms with Gasteiger partial charge in [-0.2, -0.15) is 0 Å². The van der Waals surface area contributed by atoms with Gasteiger partial charge in [-0.05, 0) is 11.0 Å². The number of hydrogen-bond acceptors (Lipinski definition) is 2. The average molecular weight is 228 g/mol. The van der Waals surface area contributed by atoms with E-state index in [1.165, 1.54) is 5.56 Å². The summed E-state index contributed by atoms with van der Waals surface area (Å²) >= 11 is 0. The molecule has 0 spiro atoms. The van der Waals surface area contributed by atoms with E-state index >= 15 is 0 Å². The summed E-state index contributed by atoms with van der Waals surface area (Å²) in [6.07, 6.45) is 2.31. The quantitative estimate of drug-likeness (QED) is 0.802. The maximum absolute atomic E-state index is 10.6. The molecule has 17 heavy (non-hydrogen) atoms. The molecule has 0 aliphatic heterocycles. The third kappa shape index (κ3) is 2.44. The molecule has 0 saturated heterocycles. The molecule has 1 N–H and O–H groups in total. The first-order valence-electron chi connectivity index (χ1n) is 5.62. The van der Waals surface area contributed by atoms with Gasteiger partial charge < -0.3 is 4.98 Å². The number of nitrogens with zero attached hydrogens (tertiary/aromatic N) is 1. The number of imidazole rings is 1. The van der Waals surface area contributed by atoms with Crippen molar-refractivity contribution in [2.75, 3.05) is 0 Å². The summed E-state index contributed by atoms with van der Waals surface area (Å²) in [6.45, 7) is 6.54. The molecule has 0 bridgehead atoms. The van der Waals surface area contributed by atoms with Crippen LogP contribution in [0.15, 0.2) is 30.5 Å². The van der Waals surface area contributed by atoms with Crippen molar-refractivity contribution in [3.05, 3.63) is 41.7 Å². The lowest BCUT2D eigenvalue weighted by molar-refractivity contribution is 0.111. The summed E-state index contributed by atoms with van der Waals surface area (Å²) in [4.78, 5) is 17.7. The molecule has 0 atom stereocenters. The molecule has 1 aromatic heterocycles. The molecule has 0 radical (unpaired) electrons. The van der Waals surface area contributed by atoms with Crippen LogP contribution >= 0.6 is 0 Å². The highest BCUT2D eigenvalue weighted by Crippen LogP contribution is 2.24. The molecular formula is C14H16N2O. The van der Waals surface area contributed by atoms with Crippen molar-refractivity contribution in [1.29, 1.82) is 0 Å². The van der Waals surface area contributed by atoms with Gasteiger partial charge in [0.1, 0.15) is 5.82 Å². The van der Waals surface area contributed by atoms with E-state index in [0.717, 1.165) is 17.7 Å². The van der Waals surface area contributed by atoms with Gasteiger partial charge in [0, 0.05) is 5.56 Å². The van der Waals surface area contributed by atoms with Crippen LogP contribution in [-0.4, -0.2) is 16.3 Å². The van der Waals surface area contributed by atoms with E-state index in [1.54, 1.807) is 6.20 Å². The zero-order valence-electron chi connectivity index (χ0n) is 10.3. The Morgan fingerprint density at radius 2 is 1.82 bits per heavy atom. The molecule has 0 saturated carbocycles. The lowest BCUT2D eigenvalue weighted by Crippen LogP contribution is -2.10. The standard InChI is InChI=1S/C14H16N2O/c1-14(2,3)11-6-4-10(5-7-11)13-15-8-12(9-17)16-13/h4-9H,1-3H3,(H,15,16). The highest BCUT2D eigenvalue weighted by molar-refractivity contribution is 5.73. The van der Waals surface area contributed by atoms with Crippen LogP contribution in [-0.2, 0) is 5.41 Å². The number of aromatic amines is 1. The second-order valence-electron chi connectivity index (χ2n) is 5.13. The number of rotatable bonds is 2. The minimum absolute atomic E-state index is 0.148. The van der Waals surface area contributed by atoms with E-state index in [2.05, 4.69) is 42.9 Å². The van der Waals surface area contributed by atoms with Crippen molar-refractivity contribution in [3.8, 4) is 11.4 Å². The van der Waals surface area contributed by atoms with Crippen molar-refractivity contribution in [2.45, 2.75) is 26.2 Å². The van der Waals surface area contributed by atoms with Gasteiger partial charge in [0.2, 0.25) is 0 Å². The summed E-state index contributed by atoms with van der Waals surface area (Å²) < 4.78 is 0. The number of carbonyl (C=O) groups excluding carboxylic acids is 1. The molecule has 0 aliphatic carbocycles. The Morgan fingerprint density at radius 3 is 2.29 bits per heavy atom. The van der Waals surface area contributed by atoms with Gasteiger partial charge in [-0.3, -0.25) is 4.79 Å². The topological polar surface area (TPSA) is 45.8 Å². The predicted molar refractivity (Wildman–Crippen MR) is 68.1 cm³/mol. The first kappa shape index (κ1) is 11.6. The van der Waals surface area contributed by atoms with E-state index in [4.69, 9.17) is 0 Å². The summed E-state index contributed by atoms with van der Waals surface area (Å²) in [5.74, 6) is 0.729. The summed E-state index contributed by atoms with van der Waals surface area (Å²) in [6, 6.07) is 8.23. The zero-order chi connectivity index (χ0) is 12.5. The number of carbonyl (C=O) groups is 1. The van der Waals surface area contributed by atoms with Gasteiger partial charge >= 0.3 is 0 Å². The molecule has 0 amide bonds. The number of hydrogen-bond donors (Lipinski definition) is 1. The summed E-state index contributed by atoms with van der Waals surface area (Å²) in [5.41, 5.74) is 2.92. The van der Waals surface area contributed by atoms with Crippen molar-refractivity contribution in [1.82, 2.24) is 9.97 Å². The van der Waals surface area contributed by atoms with E-state index in [0.29, 0.717) is 5.69 Å². The average Bonchev–Trinajstić information content (AvgIpc) is 2.76. The minimum Gasteiger partial charge on any atom is -0.336 e. The van der Waals surface area contributed by atoms with E-state index in [-0.39, 0.29) is 5.41 Å². The van der Waals surface area contributed by atoms with Crippen LogP contribution in [0.4, 0.5) is 0 Å². The Morgan fingerprint density at radius 1 is 1.18 bits per heavy atom. The molecule has 3 heteroatoms. The Hall–Kier alpha value is -1.90. The normalized spacial score (nSPS) is 11.5. The van der Waals surface area contributed by atoms with Crippen molar-refractivity contribution in [3.63, 3.8) is 0 Å². The van der Waals surface area contributed by atoms with Crippen molar-refractivity contribution < 1.29 is 4.79 Å². The van der Waals surface area contributed by atoms with Crippen LogP contribution in [0, 0.1) is 0 Å². The first-order chi connectivity index (χ1) is 8.00. The Bertz CT molecular complexity index is 518. The van der Waals surface area contributed by atoms with Crippen molar-refractivity contribution >= 4 is 6.29 Å². The molecule has 1 heterocycles. The summed E-state index contributed by atoms with van der Waals surface area (Å²) in [5, 5.41) is 0. The minimum atomic E-state index is 0.148. The lowest BCUT2D eigenvalue weighted by Gasteiger charge is -2.18. The lowest BCUT2D eigenvalue weighted by atomic mass is 9.87. The third-order valence-corrected chi connectivity index (χ3v) is 2.75. The van der Waals surface area contributed by atoms with Crippen LogP contribution in [0.2, 0.25) is 0 Å². The Balaban J connectivity index is 2.32. The number of aldehydes is 1. The smallest absolute Gasteiger partial charge is 0.167 e. The van der Waals surface area contributed by atoms with Crippen LogP contribution < -0.4 is 0 Å². The van der Waals surface area contributed by atoms with Gasteiger partial charge in [-0.15, -0.1) is 0 Å². The zero-order valence-corrected chi connectivity index (χ0v) is 10.3. The van der Waals surface area contributed by atoms with Gasteiger partial charge in [0.05, 0.1) is 11.9 Å². The molecular weight excluding hydrogens is 212 g/mol.